The van der Waals surface area contributed by atoms with E-state index in [0.29, 0.717) is 11.0 Å². The maximum absolute atomic E-state index is 10.5. The first-order valence-electron chi connectivity index (χ1n) is 5.11. The van der Waals surface area contributed by atoms with Crippen molar-refractivity contribution in [3.8, 4) is 11.4 Å². The van der Waals surface area contributed by atoms with Gasteiger partial charge in [0.05, 0.1) is 5.75 Å². The first-order valence-corrected chi connectivity index (χ1v) is 7.32. The van der Waals surface area contributed by atoms with Gasteiger partial charge in [0.15, 0.2) is 11.0 Å². The fourth-order valence-corrected chi connectivity index (χ4v) is 2.53. The van der Waals surface area contributed by atoms with E-state index in [2.05, 4.69) is 15.2 Å². The molecule has 0 aliphatic carbocycles. The highest BCUT2D eigenvalue weighted by atomic mass is 32.2. The Kier molecular flexibility index (Phi) is 4.27. The number of aliphatic carboxylic acids is 1. The summed E-state index contributed by atoms with van der Waals surface area (Å²) >= 11 is 2.75. The SMILES string of the molecule is CSc1ccccc1-c1nnc(SCC(=O)O)[nH]1. The summed E-state index contributed by atoms with van der Waals surface area (Å²) in [5.74, 6) is -0.242. The minimum Gasteiger partial charge on any atom is -0.481 e. The number of hydrogen-bond acceptors (Lipinski definition) is 5. The second-order valence-corrected chi connectivity index (χ2v) is 5.17. The zero-order chi connectivity index (χ0) is 13.0. The summed E-state index contributed by atoms with van der Waals surface area (Å²) in [5, 5.41) is 17.1. The Bertz CT molecular complexity index is 557. The Labute approximate surface area is 112 Å². The van der Waals surface area contributed by atoms with E-state index in [-0.39, 0.29) is 5.75 Å². The van der Waals surface area contributed by atoms with Crippen LogP contribution in [0.4, 0.5) is 0 Å². The van der Waals surface area contributed by atoms with Crippen LogP contribution in [0.1, 0.15) is 0 Å². The highest BCUT2D eigenvalue weighted by Gasteiger charge is 2.10. The Balaban J connectivity index is 2.21. The van der Waals surface area contributed by atoms with E-state index in [1.165, 1.54) is 0 Å². The van der Waals surface area contributed by atoms with Crippen molar-refractivity contribution in [1.29, 1.82) is 0 Å². The lowest BCUT2D eigenvalue weighted by atomic mass is 10.2. The molecule has 0 saturated heterocycles. The first-order chi connectivity index (χ1) is 8.70. The zero-order valence-corrected chi connectivity index (χ0v) is 11.2. The topological polar surface area (TPSA) is 78.9 Å². The Morgan fingerprint density at radius 1 is 1.39 bits per heavy atom. The fraction of sp³-hybridized carbons (Fsp3) is 0.182. The minimum atomic E-state index is -0.873. The molecule has 0 aliphatic heterocycles. The third kappa shape index (κ3) is 3.05. The van der Waals surface area contributed by atoms with E-state index in [0.717, 1.165) is 22.2 Å². The van der Waals surface area contributed by atoms with Crippen molar-refractivity contribution < 1.29 is 9.90 Å². The molecule has 1 aromatic carbocycles. The van der Waals surface area contributed by atoms with E-state index < -0.39 is 5.97 Å². The van der Waals surface area contributed by atoms with Gasteiger partial charge in [-0.25, -0.2) is 0 Å². The Hall–Kier alpha value is -1.47. The molecule has 0 saturated carbocycles. The molecule has 0 amide bonds. The van der Waals surface area contributed by atoms with Crippen LogP contribution in [0, 0.1) is 0 Å². The van der Waals surface area contributed by atoms with Crippen molar-refractivity contribution >= 4 is 29.5 Å². The van der Waals surface area contributed by atoms with Gasteiger partial charge in [-0.05, 0) is 12.3 Å². The van der Waals surface area contributed by atoms with Crippen LogP contribution in [0.5, 0.6) is 0 Å². The molecule has 0 atom stereocenters. The van der Waals surface area contributed by atoms with Gasteiger partial charge < -0.3 is 10.1 Å². The number of carboxylic acid groups (broad SMARTS) is 1. The molecule has 0 unspecified atom stereocenters. The molecule has 0 bridgehead atoms. The minimum absolute atomic E-state index is 0.0290. The summed E-state index contributed by atoms with van der Waals surface area (Å²) < 4.78 is 0. The predicted octanol–water partition coefficient (Wildman–Crippen LogP) is 2.37. The highest BCUT2D eigenvalue weighted by Crippen LogP contribution is 2.28. The van der Waals surface area contributed by atoms with Gasteiger partial charge in [-0.15, -0.1) is 22.0 Å². The summed E-state index contributed by atoms with van der Waals surface area (Å²) in [5.41, 5.74) is 0.972. The largest absolute Gasteiger partial charge is 0.481 e. The van der Waals surface area contributed by atoms with Crippen LogP contribution in [0.15, 0.2) is 34.3 Å². The van der Waals surface area contributed by atoms with Gasteiger partial charge in [-0.3, -0.25) is 4.79 Å². The molecule has 2 rings (SSSR count). The van der Waals surface area contributed by atoms with Crippen molar-refractivity contribution in [2.45, 2.75) is 10.1 Å². The van der Waals surface area contributed by atoms with Crippen molar-refractivity contribution in [2.24, 2.45) is 0 Å². The van der Waals surface area contributed by atoms with E-state index in [9.17, 15) is 4.79 Å². The van der Waals surface area contributed by atoms with E-state index in [4.69, 9.17) is 5.11 Å². The number of carboxylic acids is 1. The van der Waals surface area contributed by atoms with Crippen LogP contribution in [-0.4, -0.2) is 38.3 Å². The number of nitrogens with zero attached hydrogens (tertiary/aromatic N) is 2. The molecule has 94 valence electrons. The molecule has 0 aliphatic rings. The standard InChI is InChI=1S/C11H11N3O2S2/c1-17-8-5-3-2-4-7(8)10-12-11(14-13-10)18-6-9(15)16/h2-5H,6H2,1H3,(H,15,16)(H,12,13,14). The fourth-order valence-electron chi connectivity index (χ4n) is 1.40. The number of thioether (sulfide) groups is 2. The lowest BCUT2D eigenvalue weighted by Gasteiger charge is -2.02. The normalized spacial score (nSPS) is 10.5. The van der Waals surface area contributed by atoms with Gasteiger partial charge in [0, 0.05) is 10.5 Å². The van der Waals surface area contributed by atoms with Gasteiger partial charge in [-0.2, -0.15) is 0 Å². The number of aromatic amines is 1. The smallest absolute Gasteiger partial charge is 0.313 e. The van der Waals surface area contributed by atoms with Crippen LogP contribution in [0.2, 0.25) is 0 Å². The van der Waals surface area contributed by atoms with Crippen molar-refractivity contribution in [1.82, 2.24) is 15.2 Å². The van der Waals surface area contributed by atoms with Crippen LogP contribution >= 0.6 is 23.5 Å². The van der Waals surface area contributed by atoms with Gasteiger partial charge in [0.2, 0.25) is 0 Å². The van der Waals surface area contributed by atoms with E-state index in [1.807, 2.05) is 30.5 Å². The lowest BCUT2D eigenvalue weighted by molar-refractivity contribution is -0.133. The van der Waals surface area contributed by atoms with Crippen LogP contribution < -0.4 is 0 Å². The maximum Gasteiger partial charge on any atom is 0.313 e. The van der Waals surface area contributed by atoms with E-state index in [1.54, 1.807) is 11.8 Å². The van der Waals surface area contributed by atoms with Gasteiger partial charge in [-0.1, -0.05) is 30.0 Å². The van der Waals surface area contributed by atoms with Crippen molar-refractivity contribution in [3.63, 3.8) is 0 Å². The highest BCUT2D eigenvalue weighted by molar-refractivity contribution is 7.99. The van der Waals surface area contributed by atoms with Crippen LogP contribution in [-0.2, 0) is 4.79 Å². The summed E-state index contributed by atoms with van der Waals surface area (Å²) in [7, 11) is 0. The molecule has 5 nitrogen and oxygen atoms in total. The van der Waals surface area contributed by atoms with Crippen LogP contribution in [0.25, 0.3) is 11.4 Å². The number of nitrogens with one attached hydrogen (secondary N) is 1. The molecule has 0 radical (unpaired) electrons. The van der Waals surface area contributed by atoms with Gasteiger partial charge in [0.25, 0.3) is 0 Å². The van der Waals surface area contributed by atoms with Gasteiger partial charge in [0.1, 0.15) is 0 Å². The lowest BCUT2D eigenvalue weighted by Crippen LogP contribution is -1.97. The molecule has 2 N–H and O–H groups in total. The molecular weight excluding hydrogens is 270 g/mol. The first kappa shape index (κ1) is 13.0. The van der Waals surface area contributed by atoms with Gasteiger partial charge >= 0.3 is 5.97 Å². The van der Waals surface area contributed by atoms with Crippen molar-refractivity contribution in [3.05, 3.63) is 24.3 Å². The quantitative estimate of drug-likeness (QED) is 0.819. The molecule has 18 heavy (non-hydrogen) atoms. The molecule has 1 aromatic heterocycles. The molecule has 0 fully saturated rings. The number of aromatic nitrogens is 3. The number of rotatable bonds is 5. The van der Waals surface area contributed by atoms with E-state index >= 15 is 0 Å². The second kappa shape index (κ2) is 5.92. The average Bonchev–Trinajstić information content (AvgIpc) is 2.85. The third-order valence-electron chi connectivity index (χ3n) is 2.16. The van der Waals surface area contributed by atoms with Crippen molar-refractivity contribution in [2.75, 3.05) is 12.0 Å². The van der Waals surface area contributed by atoms with Crippen LogP contribution in [0.3, 0.4) is 0 Å². The average molecular weight is 281 g/mol. The molecular formula is C11H11N3O2S2. The Morgan fingerprint density at radius 2 is 2.17 bits per heavy atom. The summed E-state index contributed by atoms with van der Waals surface area (Å²) in [6.45, 7) is 0. The summed E-state index contributed by atoms with van der Waals surface area (Å²) in [6, 6.07) is 7.86. The molecule has 2 aromatic rings. The third-order valence-corrected chi connectivity index (χ3v) is 3.80. The number of carbonyl (C=O) groups is 1. The summed E-state index contributed by atoms with van der Waals surface area (Å²) in [4.78, 5) is 14.6. The molecule has 7 heteroatoms. The molecule has 1 heterocycles. The number of hydrogen-bond donors (Lipinski definition) is 2. The monoisotopic (exact) mass is 281 g/mol. The predicted molar refractivity (Wildman–Crippen MR) is 72.0 cm³/mol. The molecule has 0 spiro atoms. The maximum atomic E-state index is 10.5. The second-order valence-electron chi connectivity index (χ2n) is 3.36. The Morgan fingerprint density at radius 3 is 2.89 bits per heavy atom. The number of benzene rings is 1. The zero-order valence-electron chi connectivity index (χ0n) is 9.58. The number of H-pyrrole nitrogens is 1. The summed E-state index contributed by atoms with van der Waals surface area (Å²) in [6.07, 6.45) is 2.00.